The lowest BCUT2D eigenvalue weighted by atomic mass is 9.88. The Morgan fingerprint density at radius 1 is 1.40 bits per heavy atom. The second kappa shape index (κ2) is 4.73. The fourth-order valence-electron chi connectivity index (χ4n) is 1.63. The summed E-state index contributed by atoms with van der Waals surface area (Å²) in [6, 6.07) is 2.18. The molecule has 0 aromatic carbocycles. The quantitative estimate of drug-likeness (QED) is 0.857. The molecule has 1 heterocycles. The smallest absolute Gasteiger partial charge is 0.100 e. The molecule has 0 saturated heterocycles. The number of aromatic nitrogens is 1. The molecule has 0 saturated carbocycles. The van der Waals surface area contributed by atoms with Crippen molar-refractivity contribution in [2.24, 2.45) is 5.92 Å². The maximum Gasteiger partial charge on any atom is 0.100 e. The second-order valence-corrected chi connectivity index (χ2v) is 5.06. The molecule has 0 aliphatic rings. The minimum absolute atomic E-state index is 0.0772. The number of nitrogens with zero attached hydrogens (tertiary/aromatic N) is 2. The summed E-state index contributed by atoms with van der Waals surface area (Å²) in [4.78, 5) is 1.03. The molecule has 0 fully saturated rings. The van der Waals surface area contributed by atoms with Gasteiger partial charge in [0, 0.05) is 10.4 Å². The molecule has 15 heavy (non-hydrogen) atoms. The van der Waals surface area contributed by atoms with Crippen molar-refractivity contribution < 1.29 is 5.11 Å². The molecule has 0 aliphatic heterocycles. The molecule has 0 amide bonds. The Balaban J connectivity index is 3.09. The van der Waals surface area contributed by atoms with Gasteiger partial charge in [0.25, 0.3) is 0 Å². The Bertz CT molecular complexity index is 359. The van der Waals surface area contributed by atoms with Crippen molar-refractivity contribution in [3.05, 3.63) is 16.1 Å². The number of aryl methyl sites for hydroxylation is 2. The highest BCUT2D eigenvalue weighted by Gasteiger charge is 2.27. The highest BCUT2D eigenvalue weighted by atomic mass is 32.1. The van der Waals surface area contributed by atoms with Crippen molar-refractivity contribution >= 4 is 11.5 Å². The van der Waals surface area contributed by atoms with Gasteiger partial charge in [-0.15, -0.1) is 0 Å². The number of hydrogen-bond acceptors (Lipinski definition) is 4. The lowest BCUT2D eigenvalue weighted by Gasteiger charge is -2.20. The van der Waals surface area contributed by atoms with E-state index in [-0.39, 0.29) is 5.92 Å². The molecule has 1 rings (SSSR count). The van der Waals surface area contributed by atoms with Crippen molar-refractivity contribution in [1.82, 2.24) is 4.37 Å². The maximum atomic E-state index is 9.96. The van der Waals surface area contributed by atoms with Gasteiger partial charge in [-0.2, -0.15) is 9.64 Å². The van der Waals surface area contributed by atoms with Gasteiger partial charge in [-0.05, 0) is 31.3 Å². The van der Waals surface area contributed by atoms with Crippen molar-refractivity contribution in [2.75, 3.05) is 0 Å². The molecule has 2 unspecified atom stereocenters. The summed E-state index contributed by atoms with van der Waals surface area (Å²) in [5.41, 5.74) is 1.77. The van der Waals surface area contributed by atoms with Crippen LogP contribution < -0.4 is 0 Å². The van der Waals surface area contributed by atoms with E-state index in [0.29, 0.717) is 0 Å². The number of hydrogen-bond donors (Lipinski definition) is 1. The van der Waals surface area contributed by atoms with E-state index >= 15 is 0 Å². The van der Waals surface area contributed by atoms with Gasteiger partial charge in [-0.1, -0.05) is 13.8 Å². The third-order valence-electron chi connectivity index (χ3n) is 2.56. The highest BCUT2D eigenvalue weighted by Crippen LogP contribution is 2.30. The van der Waals surface area contributed by atoms with Crippen LogP contribution in [-0.2, 0) is 0 Å². The van der Waals surface area contributed by atoms with Gasteiger partial charge in [0.05, 0.1) is 17.9 Å². The molecule has 2 atom stereocenters. The molecule has 0 bridgehead atoms. The highest BCUT2D eigenvalue weighted by molar-refractivity contribution is 7.05. The predicted octanol–water partition coefficient (Wildman–Crippen LogP) is 2.38. The molecule has 1 N–H and O–H groups in total. The zero-order valence-corrected chi connectivity index (χ0v) is 10.3. The largest absolute Gasteiger partial charge is 0.391 e. The van der Waals surface area contributed by atoms with Crippen molar-refractivity contribution in [2.45, 2.75) is 39.7 Å². The lowest BCUT2D eigenvalue weighted by Crippen LogP contribution is -2.23. The van der Waals surface area contributed by atoms with Crippen molar-refractivity contribution in [3.63, 3.8) is 0 Å². The molecular weight excluding hydrogens is 208 g/mol. The SMILES string of the molecule is Cc1nsc(C)c1C(C#N)C(O)C(C)C. The Morgan fingerprint density at radius 3 is 2.33 bits per heavy atom. The van der Waals surface area contributed by atoms with E-state index in [1.807, 2.05) is 27.7 Å². The molecule has 0 radical (unpaired) electrons. The number of nitriles is 1. The van der Waals surface area contributed by atoms with E-state index in [1.165, 1.54) is 11.5 Å². The Morgan fingerprint density at radius 2 is 2.00 bits per heavy atom. The normalized spacial score (nSPS) is 15.0. The van der Waals surface area contributed by atoms with E-state index in [0.717, 1.165) is 16.1 Å². The van der Waals surface area contributed by atoms with Gasteiger partial charge < -0.3 is 5.11 Å². The minimum atomic E-state index is -0.621. The fourth-order valence-corrected chi connectivity index (χ4v) is 2.38. The standard InChI is InChI=1S/C11H16N2OS/c1-6(2)11(14)9(5-12)10-7(3)13-15-8(10)4/h6,9,11,14H,1-4H3. The zero-order valence-electron chi connectivity index (χ0n) is 9.48. The van der Waals surface area contributed by atoms with Gasteiger partial charge >= 0.3 is 0 Å². The zero-order chi connectivity index (χ0) is 11.6. The Hall–Kier alpha value is -0.920. The van der Waals surface area contributed by atoms with Crippen molar-refractivity contribution in [1.29, 1.82) is 5.26 Å². The van der Waals surface area contributed by atoms with E-state index in [1.54, 1.807) is 0 Å². The van der Waals surface area contributed by atoms with Crippen LogP contribution in [0, 0.1) is 31.1 Å². The summed E-state index contributed by atoms with van der Waals surface area (Å²) in [5, 5.41) is 19.1. The molecule has 3 nitrogen and oxygen atoms in total. The van der Waals surface area contributed by atoms with Crippen LogP contribution in [0.2, 0.25) is 0 Å². The van der Waals surface area contributed by atoms with Gasteiger partial charge in [0.1, 0.15) is 5.92 Å². The van der Waals surface area contributed by atoms with Crippen LogP contribution in [0.4, 0.5) is 0 Å². The summed E-state index contributed by atoms with van der Waals surface area (Å²) >= 11 is 1.39. The van der Waals surface area contributed by atoms with Crippen LogP contribution >= 0.6 is 11.5 Å². The topological polar surface area (TPSA) is 56.9 Å². The van der Waals surface area contributed by atoms with Crippen LogP contribution in [0.5, 0.6) is 0 Å². The average Bonchev–Trinajstić information content (AvgIpc) is 2.50. The number of aliphatic hydroxyl groups is 1. The molecule has 1 aromatic rings. The first-order chi connectivity index (χ1) is 6.99. The van der Waals surface area contributed by atoms with Crippen LogP contribution in [0.1, 0.15) is 35.9 Å². The van der Waals surface area contributed by atoms with Crippen molar-refractivity contribution in [3.8, 4) is 6.07 Å². The molecule has 0 spiro atoms. The van der Waals surface area contributed by atoms with Gasteiger partial charge in [-0.25, -0.2) is 0 Å². The summed E-state index contributed by atoms with van der Waals surface area (Å²) in [5.74, 6) is -0.378. The Kier molecular flexibility index (Phi) is 3.83. The molecule has 4 heteroatoms. The third kappa shape index (κ3) is 2.36. The summed E-state index contributed by atoms with van der Waals surface area (Å²) in [6.07, 6.45) is -0.621. The van der Waals surface area contributed by atoms with Crippen LogP contribution in [0.25, 0.3) is 0 Å². The molecule has 0 aliphatic carbocycles. The monoisotopic (exact) mass is 224 g/mol. The molecular formula is C11H16N2OS. The minimum Gasteiger partial charge on any atom is -0.391 e. The molecule has 82 valence electrons. The van der Waals surface area contributed by atoms with E-state index in [2.05, 4.69) is 10.4 Å². The van der Waals surface area contributed by atoms with E-state index < -0.39 is 12.0 Å². The maximum absolute atomic E-state index is 9.96. The lowest BCUT2D eigenvalue weighted by molar-refractivity contribution is 0.113. The van der Waals surface area contributed by atoms with Crippen LogP contribution in [0.15, 0.2) is 0 Å². The third-order valence-corrected chi connectivity index (χ3v) is 3.42. The van der Waals surface area contributed by atoms with Gasteiger partial charge in [0.15, 0.2) is 0 Å². The first kappa shape index (κ1) is 12.2. The van der Waals surface area contributed by atoms with Gasteiger partial charge in [-0.3, -0.25) is 0 Å². The van der Waals surface area contributed by atoms with Crippen LogP contribution in [-0.4, -0.2) is 15.6 Å². The second-order valence-electron chi connectivity index (χ2n) is 4.08. The predicted molar refractivity (Wildman–Crippen MR) is 60.8 cm³/mol. The number of aliphatic hydroxyl groups excluding tert-OH is 1. The molecule has 1 aromatic heterocycles. The van der Waals surface area contributed by atoms with E-state index in [9.17, 15) is 5.11 Å². The van der Waals surface area contributed by atoms with E-state index in [4.69, 9.17) is 5.26 Å². The number of rotatable bonds is 3. The van der Waals surface area contributed by atoms with Gasteiger partial charge in [0.2, 0.25) is 0 Å². The van der Waals surface area contributed by atoms with Crippen LogP contribution in [0.3, 0.4) is 0 Å². The Labute approximate surface area is 94.5 Å². The fraction of sp³-hybridized carbons (Fsp3) is 0.636. The first-order valence-electron chi connectivity index (χ1n) is 4.99. The summed E-state index contributed by atoms with van der Waals surface area (Å²) < 4.78 is 4.21. The average molecular weight is 224 g/mol. The summed E-state index contributed by atoms with van der Waals surface area (Å²) in [7, 11) is 0. The first-order valence-corrected chi connectivity index (χ1v) is 5.76. The summed E-state index contributed by atoms with van der Waals surface area (Å²) in [6.45, 7) is 7.66.